The first-order valence-electron chi connectivity index (χ1n) is 16.4. The van der Waals surface area contributed by atoms with E-state index in [1.807, 2.05) is 12.1 Å². The lowest BCUT2D eigenvalue weighted by atomic mass is 9.76. The molecule has 3 aliphatic rings. The van der Waals surface area contributed by atoms with Crippen molar-refractivity contribution in [1.29, 1.82) is 0 Å². The van der Waals surface area contributed by atoms with Gasteiger partial charge in [0.2, 0.25) is 5.75 Å². The van der Waals surface area contributed by atoms with E-state index in [4.69, 9.17) is 28.4 Å². The van der Waals surface area contributed by atoms with Crippen molar-refractivity contribution in [2.24, 2.45) is 0 Å². The third-order valence-corrected chi connectivity index (χ3v) is 10.5. The van der Waals surface area contributed by atoms with Crippen LogP contribution >= 0.6 is 0 Å². The van der Waals surface area contributed by atoms with Crippen LogP contribution in [0.4, 0.5) is 0 Å². The van der Waals surface area contributed by atoms with Crippen LogP contribution in [-0.4, -0.2) is 71.1 Å². The summed E-state index contributed by atoms with van der Waals surface area (Å²) >= 11 is 0. The van der Waals surface area contributed by atoms with Gasteiger partial charge in [-0.05, 0) is 116 Å². The van der Waals surface area contributed by atoms with Crippen molar-refractivity contribution in [3.05, 3.63) is 93.5 Å². The average molecular weight is 653 g/mol. The molecule has 0 amide bonds. The fraction of sp³-hybridized carbons (Fsp3) is 0.385. The van der Waals surface area contributed by atoms with Crippen molar-refractivity contribution < 1.29 is 33.5 Å². The molecule has 3 atom stereocenters. The zero-order valence-corrected chi connectivity index (χ0v) is 28.8. The van der Waals surface area contributed by atoms with E-state index in [9.17, 15) is 5.11 Å². The number of phenols is 1. The third kappa shape index (κ3) is 5.35. The monoisotopic (exact) mass is 652 g/mol. The Morgan fingerprint density at radius 1 is 0.646 bits per heavy atom. The van der Waals surface area contributed by atoms with E-state index in [0.29, 0.717) is 35.2 Å². The molecule has 1 N–H and O–H groups in total. The van der Waals surface area contributed by atoms with Crippen LogP contribution in [0.1, 0.15) is 57.1 Å². The highest BCUT2D eigenvalue weighted by Crippen LogP contribution is 2.56. The van der Waals surface area contributed by atoms with Crippen molar-refractivity contribution in [1.82, 2.24) is 9.80 Å². The number of fused-ring (bicyclic) bond motifs is 7. The summed E-state index contributed by atoms with van der Waals surface area (Å²) in [5.74, 6) is 4.87. The Balaban J connectivity index is 1.33. The predicted octanol–water partition coefficient (Wildman–Crippen LogP) is 6.83. The maximum Gasteiger partial charge on any atom is 0.204 e. The minimum Gasteiger partial charge on any atom is -0.508 e. The van der Waals surface area contributed by atoms with E-state index in [1.165, 1.54) is 22.3 Å². The maximum atomic E-state index is 9.86. The maximum absolute atomic E-state index is 9.86. The summed E-state index contributed by atoms with van der Waals surface area (Å²) in [5, 5.41) is 9.86. The summed E-state index contributed by atoms with van der Waals surface area (Å²) in [6, 6.07) is 18.4. The highest BCUT2D eigenvalue weighted by atomic mass is 16.5. The molecule has 9 heteroatoms. The van der Waals surface area contributed by atoms with Crippen LogP contribution in [0.15, 0.2) is 54.6 Å². The second kappa shape index (κ2) is 12.8. The Morgan fingerprint density at radius 2 is 1.25 bits per heavy atom. The van der Waals surface area contributed by atoms with Crippen LogP contribution in [-0.2, 0) is 25.7 Å². The number of methoxy groups -OCH3 is 5. The second-order valence-corrected chi connectivity index (χ2v) is 12.9. The topological polar surface area (TPSA) is 82.1 Å². The van der Waals surface area contributed by atoms with E-state index in [0.717, 1.165) is 54.0 Å². The Hall–Kier alpha value is -4.60. The molecular formula is C39H44N2O7. The Bertz CT molecular complexity index is 1840. The quantitative estimate of drug-likeness (QED) is 0.209. The lowest BCUT2D eigenvalue weighted by Gasteiger charge is -2.46. The number of rotatable bonds is 9. The molecule has 9 nitrogen and oxygen atoms in total. The van der Waals surface area contributed by atoms with Gasteiger partial charge in [0.25, 0.3) is 0 Å². The number of phenolic OH excluding ortho intramolecular Hbond substituents is 1. The van der Waals surface area contributed by atoms with Crippen LogP contribution < -0.4 is 28.4 Å². The van der Waals surface area contributed by atoms with Gasteiger partial charge < -0.3 is 33.5 Å². The van der Waals surface area contributed by atoms with Crippen LogP contribution in [0.25, 0.3) is 0 Å². The molecule has 3 heterocycles. The molecule has 48 heavy (non-hydrogen) atoms. The summed E-state index contributed by atoms with van der Waals surface area (Å²) in [6.07, 6.45) is 3.23. The molecule has 0 radical (unpaired) electrons. The third-order valence-electron chi connectivity index (χ3n) is 10.5. The Kier molecular flexibility index (Phi) is 8.51. The van der Waals surface area contributed by atoms with Crippen molar-refractivity contribution in [2.75, 3.05) is 56.2 Å². The van der Waals surface area contributed by atoms with E-state index < -0.39 is 0 Å². The smallest absolute Gasteiger partial charge is 0.204 e. The molecule has 0 fully saturated rings. The summed E-state index contributed by atoms with van der Waals surface area (Å²) in [6.45, 7) is 0.935. The molecule has 252 valence electrons. The van der Waals surface area contributed by atoms with Gasteiger partial charge in [-0.25, -0.2) is 0 Å². The van der Waals surface area contributed by atoms with Crippen molar-refractivity contribution in [3.63, 3.8) is 0 Å². The second-order valence-electron chi connectivity index (χ2n) is 12.9. The largest absolute Gasteiger partial charge is 0.508 e. The fourth-order valence-electron chi connectivity index (χ4n) is 7.93. The molecule has 0 unspecified atom stereocenters. The van der Waals surface area contributed by atoms with E-state index in [-0.39, 0.29) is 23.9 Å². The van der Waals surface area contributed by atoms with E-state index in [2.05, 4.69) is 54.2 Å². The first-order chi connectivity index (χ1) is 23.3. The van der Waals surface area contributed by atoms with Gasteiger partial charge in [-0.15, -0.1) is 0 Å². The molecule has 7 rings (SSSR count). The van der Waals surface area contributed by atoms with Crippen LogP contribution in [0.5, 0.6) is 46.0 Å². The minimum absolute atomic E-state index is 0.0975. The zero-order valence-electron chi connectivity index (χ0n) is 28.8. The van der Waals surface area contributed by atoms with Gasteiger partial charge in [-0.3, -0.25) is 9.80 Å². The highest BCUT2D eigenvalue weighted by Gasteiger charge is 2.42. The van der Waals surface area contributed by atoms with E-state index in [1.54, 1.807) is 47.7 Å². The van der Waals surface area contributed by atoms with Gasteiger partial charge in [0.05, 0.1) is 35.5 Å². The van der Waals surface area contributed by atoms with Crippen LogP contribution in [0, 0.1) is 0 Å². The molecule has 3 aliphatic heterocycles. The zero-order chi connectivity index (χ0) is 33.7. The summed E-state index contributed by atoms with van der Waals surface area (Å²) < 4.78 is 36.3. The molecule has 2 bridgehead atoms. The SMILES string of the molecule is COc1cc2c(cc1OC)[C@@H]1Cc3c(cc(OC)c(OC)c3Oc3cc4c(cc3OC)CCN(C)[C@H]4Cc3ccc(O)cc3)[C@H](C2)N1C. The van der Waals surface area contributed by atoms with Crippen LogP contribution in [0.2, 0.25) is 0 Å². The van der Waals surface area contributed by atoms with Crippen molar-refractivity contribution in [3.8, 4) is 46.0 Å². The molecule has 4 aromatic carbocycles. The van der Waals surface area contributed by atoms with Gasteiger partial charge in [0, 0.05) is 30.2 Å². The lowest BCUT2D eigenvalue weighted by Crippen LogP contribution is -2.40. The standard InChI is InChI=1S/C39H44N2O7/c1-40-13-12-23-16-34(44-4)36(20-26(23)30(40)14-22-8-10-25(42)11-9-22)48-38-29-18-32-27-19-35(45-5)33(43-3)17-24(27)15-31(41(32)2)28(29)21-37(46-6)39(38)47-7/h8-11,16-17,19-21,30-32,42H,12-15,18H2,1-7H3/t30-,31-,32-/m0/s1. The molecule has 0 aliphatic carbocycles. The predicted molar refractivity (Wildman–Crippen MR) is 184 cm³/mol. The number of hydrogen-bond acceptors (Lipinski definition) is 9. The van der Waals surface area contributed by atoms with Crippen molar-refractivity contribution in [2.45, 2.75) is 43.8 Å². The highest BCUT2D eigenvalue weighted by molar-refractivity contribution is 5.65. The first kappa shape index (κ1) is 32.0. The number of aromatic hydroxyl groups is 1. The van der Waals surface area contributed by atoms with Crippen LogP contribution in [0.3, 0.4) is 0 Å². The Labute approximate surface area is 282 Å². The molecule has 0 saturated heterocycles. The normalized spacial score (nSPS) is 19.9. The molecule has 0 spiro atoms. The Morgan fingerprint density at radius 3 is 1.94 bits per heavy atom. The van der Waals surface area contributed by atoms with Gasteiger partial charge in [0.1, 0.15) is 5.75 Å². The molecule has 0 saturated carbocycles. The van der Waals surface area contributed by atoms with Gasteiger partial charge in [-0.2, -0.15) is 0 Å². The average Bonchev–Trinajstić information content (AvgIpc) is 3.10. The molecular weight excluding hydrogens is 608 g/mol. The van der Waals surface area contributed by atoms with Gasteiger partial charge >= 0.3 is 0 Å². The lowest BCUT2D eigenvalue weighted by molar-refractivity contribution is 0.135. The number of ether oxygens (including phenoxy) is 6. The first-order valence-corrected chi connectivity index (χ1v) is 16.4. The number of benzene rings is 4. The molecule has 0 aromatic heterocycles. The minimum atomic E-state index is 0.0975. The number of hydrogen-bond donors (Lipinski definition) is 1. The van der Waals surface area contributed by atoms with E-state index >= 15 is 0 Å². The number of nitrogens with zero attached hydrogens (tertiary/aromatic N) is 2. The van der Waals surface area contributed by atoms with Gasteiger partial charge in [-0.1, -0.05) is 12.1 Å². The fourth-order valence-corrected chi connectivity index (χ4v) is 7.93. The van der Waals surface area contributed by atoms with Gasteiger partial charge in [0.15, 0.2) is 34.5 Å². The molecule has 4 aromatic rings. The number of likely N-dealkylation sites (N-methyl/N-ethyl adjacent to an activating group) is 2. The van der Waals surface area contributed by atoms with Crippen molar-refractivity contribution >= 4 is 0 Å². The summed E-state index contributed by atoms with van der Waals surface area (Å²) in [7, 11) is 12.7. The summed E-state index contributed by atoms with van der Waals surface area (Å²) in [5.41, 5.74) is 8.34. The summed E-state index contributed by atoms with van der Waals surface area (Å²) in [4.78, 5) is 4.83.